The van der Waals surface area contributed by atoms with Gasteiger partial charge in [-0.05, 0) is 12.8 Å². The fourth-order valence-corrected chi connectivity index (χ4v) is 0.910. The van der Waals surface area contributed by atoms with Crippen molar-refractivity contribution in [2.45, 2.75) is 45.9 Å². The van der Waals surface area contributed by atoms with E-state index in [9.17, 15) is 13.2 Å². The number of oxime groups is 1. The molecule has 0 saturated heterocycles. The first-order chi connectivity index (χ1) is 5.99. The molecule has 78 valence electrons. The zero-order chi connectivity index (χ0) is 10.3. The molecule has 0 spiro atoms. The summed E-state index contributed by atoms with van der Waals surface area (Å²) in [6, 6.07) is 0. The lowest BCUT2D eigenvalue weighted by Gasteiger charge is -2.05. The van der Waals surface area contributed by atoms with Gasteiger partial charge in [0.2, 0.25) is 0 Å². The minimum absolute atomic E-state index is 0.474. The third kappa shape index (κ3) is 7.62. The lowest BCUT2D eigenvalue weighted by atomic mass is 10.1. The van der Waals surface area contributed by atoms with Crippen molar-refractivity contribution in [3.8, 4) is 0 Å². The number of alkyl halides is 3. The molecule has 2 nitrogen and oxygen atoms in total. The first kappa shape index (κ1) is 12.3. The van der Waals surface area contributed by atoms with Crippen LogP contribution in [0.15, 0.2) is 5.16 Å². The molecule has 0 heterocycles. The average molecular weight is 197 g/mol. The summed E-state index contributed by atoms with van der Waals surface area (Å²) in [4.78, 5) is 3.38. The van der Waals surface area contributed by atoms with Crippen LogP contribution >= 0.6 is 0 Å². The summed E-state index contributed by atoms with van der Waals surface area (Å²) >= 11 is 0. The van der Waals surface area contributed by atoms with E-state index in [1.807, 2.05) is 13.8 Å². The highest BCUT2D eigenvalue weighted by atomic mass is 19.4. The van der Waals surface area contributed by atoms with Crippen LogP contribution in [0, 0.1) is 0 Å². The number of rotatable bonds is 5. The Morgan fingerprint density at radius 2 is 1.62 bits per heavy atom. The summed E-state index contributed by atoms with van der Waals surface area (Å²) in [5, 5.41) is 3.07. The molecule has 0 aliphatic heterocycles. The molecule has 0 aliphatic carbocycles. The Bertz CT molecular complexity index is 157. The Morgan fingerprint density at radius 1 is 1.15 bits per heavy atom. The van der Waals surface area contributed by atoms with E-state index in [0.29, 0.717) is 18.6 Å². The summed E-state index contributed by atoms with van der Waals surface area (Å²) in [6.07, 6.45) is -1.99. The molecule has 0 amide bonds. The molecule has 0 radical (unpaired) electrons. The van der Waals surface area contributed by atoms with Crippen LogP contribution in [0.3, 0.4) is 0 Å². The van der Waals surface area contributed by atoms with E-state index in [1.165, 1.54) is 0 Å². The molecule has 0 atom stereocenters. The maximum Gasteiger partial charge on any atom is 0.593 e. The largest absolute Gasteiger partial charge is 0.593 e. The molecule has 0 aromatic heterocycles. The summed E-state index contributed by atoms with van der Waals surface area (Å²) < 4.78 is 34.7. The number of hydrogen-bond donors (Lipinski definition) is 0. The van der Waals surface area contributed by atoms with Crippen LogP contribution in [-0.4, -0.2) is 12.1 Å². The third-order valence-electron chi connectivity index (χ3n) is 1.36. The van der Waals surface area contributed by atoms with Crippen molar-refractivity contribution in [3.63, 3.8) is 0 Å². The van der Waals surface area contributed by atoms with Gasteiger partial charge in [-0.2, -0.15) is 0 Å². The maximum absolute atomic E-state index is 11.6. The Balaban J connectivity index is 4.02. The smallest absolute Gasteiger partial charge is 0.294 e. The van der Waals surface area contributed by atoms with E-state index in [1.54, 1.807) is 0 Å². The van der Waals surface area contributed by atoms with E-state index in [0.717, 1.165) is 12.8 Å². The molecular weight excluding hydrogens is 183 g/mol. The van der Waals surface area contributed by atoms with Gasteiger partial charge in [-0.15, -0.1) is 13.2 Å². The van der Waals surface area contributed by atoms with Gasteiger partial charge in [-0.25, -0.2) is 0 Å². The number of halogens is 3. The summed E-state index contributed by atoms with van der Waals surface area (Å²) in [7, 11) is 0. The predicted octanol–water partition coefficient (Wildman–Crippen LogP) is 3.48. The topological polar surface area (TPSA) is 21.6 Å². The zero-order valence-corrected chi connectivity index (χ0v) is 7.82. The van der Waals surface area contributed by atoms with Crippen molar-refractivity contribution in [1.29, 1.82) is 0 Å². The van der Waals surface area contributed by atoms with Gasteiger partial charge in [0, 0.05) is 0 Å². The molecule has 0 N–H and O–H groups in total. The van der Waals surface area contributed by atoms with Gasteiger partial charge in [0.25, 0.3) is 0 Å². The van der Waals surface area contributed by atoms with Crippen LogP contribution in [0.4, 0.5) is 13.2 Å². The zero-order valence-electron chi connectivity index (χ0n) is 7.82. The van der Waals surface area contributed by atoms with Gasteiger partial charge in [0.05, 0.1) is 5.71 Å². The molecule has 0 fully saturated rings. The standard InChI is InChI=1S/C8H14F3NO/c1-3-5-7(6-4-2)12-13-8(9,10)11/h3-6H2,1-2H3. The highest BCUT2D eigenvalue weighted by Gasteiger charge is 2.31. The molecule has 0 aromatic carbocycles. The van der Waals surface area contributed by atoms with E-state index < -0.39 is 6.36 Å². The first-order valence-corrected chi connectivity index (χ1v) is 4.30. The molecule has 0 bridgehead atoms. The molecule has 0 saturated carbocycles. The van der Waals surface area contributed by atoms with Gasteiger partial charge in [-0.3, -0.25) is 4.84 Å². The lowest BCUT2D eigenvalue weighted by Crippen LogP contribution is -2.11. The molecule has 13 heavy (non-hydrogen) atoms. The molecule has 0 aromatic rings. The van der Waals surface area contributed by atoms with Crippen LogP contribution in [0.2, 0.25) is 0 Å². The summed E-state index contributed by atoms with van der Waals surface area (Å²) in [5.41, 5.74) is 0.474. The second kappa shape index (κ2) is 5.83. The minimum Gasteiger partial charge on any atom is -0.294 e. The minimum atomic E-state index is -4.66. The third-order valence-corrected chi connectivity index (χ3v) is 1.36. The Labute approximate surface area is 75.8 Å². The van der Waals surface area contributed by atoms with Crippen LogP contribution < -0.4 is 0 Å². The fourth-order valence-electron chi connectivity index (χ4n) is 0.910. The first-order valence-electron chi connectivity index (χ1n) is 4.30. The van der Waals surface area contributed by atoms with E-state index in [-0.39, 0.29) is 0 Å². The second-order valence-corrected chi connectivity index (χ2v) is 2.69. The van der Waals surface area contributed by atoms with Crippen LogP contribution in [-0.2, 0) is 4.84 Å². The Kier molecular flexibility index (Phi) is 5.50. The normalized spacial score (nSPS) is 11.2. The lowest BCUT2D eigenvalue weighted by molar-refractivity contribution is -0.325. The summed E-state index contributed by atoms with van der Waals surface area (Å²) in [5.74, 6) is 0. The average Bonchev–Trinajstić information content (AvgIpc) is 2.00. The van der Waals surface area contributed by atoms with Crippen molar-refractivity contribution in [2.24, 2.45) is 5.16 Å². The molecule has 0 unspecified atom stereocenters. The van der Waals surface area contributed by atoms with Gasteiger partial charge in [-0.1, -0.05) is 31.8 Å². The van der Waals surface area contributed by atoms with Gasteiger partial charge < -0.3 is 0 Å². The highest BCUT2D eigenvalue weighted by Crippen LogP contribution is 2.17. The molecular formula is C8H14F3NO. The Morgan fingerprint density at radius 3 is 1.92 bits per heavy atom. The van der Waals surface area contributed by atoms with E-state index in [4.69, 9.17) is 0 Å². The second-order valence-electron chi connectivity index (χ2n) is 2.69. The van der Waals surface area contributed by atoms with Gasteiger partial charge in [0.1, 0.15) is 0 Å². The van der Waals surface area contributed by atoms with Gasteiger partial charge in [0.15, 0.2) is 0 Å². The van der Waals surface area contributed by atoms with Crippen LogP contribution in [0.5, 0.6) is 0 Å². The Hall–Kier alpha value is -0.740. The fraction of sp³-hybridized carbons (Fsp3) is 0.875. The SMILES string of the molecule is CCCC(CCC)=NOC(F)(F)F. The quantitative estimate of drug-likeness (QED) is 0.488. The van der Waals surface area contributed by atoms with Crippen molar-refractivity contribution in [1.82, 2.24) is 0 Å². The van der Waals surface area contributed by atoms with Crippen molar-refractivity contribution in [3.05, 3.63) is 0 Å². The van der Waals surface area contributed by atoms with Crippen LogP contribution in [0.25, 0.3) is 0 Å². The van der Waals surface area contributed by atoms with Crippen LogP contribution in [0.1, 0.15) is 39.5 Å². The van der Waals surface area contributed by atoms with Gasteiger partial charge >= 0.3 is 6.36 Å². The number of nitrogens with zero attached hydrogens (tertiary/aromatic N) is 1. The van der Waals surface area contributed by atoms with Crippen molar-refractivity contribution in [2.75, 3.05) is 0 Å². The summed E-state index contributed by atoms with van der Waals surface area (Å²) in [6.45, 7) is 3.78. The molecule has 0 rings (SSSR count). The van der Waals surface area contributed by atoms with Crippen molar-refractivity contribution >= 4 is 5.71 Å². The molecule has 0 aliphatic rings. The monoisotopic (exact) mass is 197 g/mol. The van der Waals surface area contributed by atoms with E-state index >= 15 is 0 Å². The predicted molar refractivity (Wildman–Crippen MR) is 44.4 cm³/mol. The number of hydrogen-bond acceptors (Lipinski definition) is 2. The van der Waals surface area contributed by atoms with E-state index in [2.05, 4.69) is 9.99 Å². The highest BCUT2D eigenvalue weighted by molar-refractivity contribution is 5.83. The maximum atomic E-state index is 11.6. The van der Waals surface area contributed by atoms with Crippen molar-refractivity contribution < 1.29 is 18.0 Å². The molecule has 5 heteroatoms.